The number of halogens is 3. The van der Waals surface area contributed by atoms with Crippen molar-refractivity contribution in [2.24, 2.45) is 0 Å². The minimum absolute atomic E-state index is 0.0392. The van der Waals surface area contributed by atoms with Gasteiger partial charge in [-0.05, 0) is 25.1 Å². The van der Waals surface area contributed by atoms with Crippen molar-refractivity contribution in [2.45, 2.75) is 24.7 Å². The van der Waals surface area contributed by atoms with Crippen molar-refractivity contribution in [3.63, 3.8) is 0 Å². The van der Waals surface area contributed by atoms with Crippen molar-refractivity contribution in [1.82, 2.24) is 4.72 Å². The molecule has 2 aromatic carbocycles. The smallest absolute Gasteiger partial charge is 0.405 e. The highest BCUT2D eigenvalue weighted by molar-refractivity contribution is 7.89. The lowest BCUT2D eigenvalue weighted by atomic mass is 10.2. The van der Waals surface area contributed by atoms with Crippen LogP contribution in [0.25, 0.3) is 0 Å². The van der Waals surface area contributed by atoms with E-state index in [1.165, 1.54) is 30.3 Å². The molecule has 0 fully saturated rings. The Morgan fingerprint density at radius 2 is 1.65 bits per heavy atom. The monoisotopic (exact) mass is 345 g/mol. The summed E-state index contributed by atoms with van der Waals surface area (Å²) >= 11 is 0. The molecule has 0 unspecified atom stereocenters. The van der Waals surface area contributed by atoms with Crippen molar-refractivity contribution < 1.29 is 26.3 Å². The first kappa shape index (κ1) is 17.3. The average molecular weight is 345 g/mol. The predicted molar refractivity (Wildman–Crippen MR) is 78.3 cm³/mol. The van der Waals surface area contributed by atoms with E-state index in [0.717, 1.165) is 11.6 Å². The number of hydrogen-bond acceptors (Lipinski definition) is 3. The highest BCUT2D eigenvalue weighted by atomic mass is 32.2. The topological polar surface area (TPSA) is 55.4 Å². The Kier molecular flexibility index (Phi) is 4.96. The molecule has 0 atom stereocenters. The van der Waals surface area contributed by atoms with E-state index in [-0.39, 0.29) is 17.0 Å². The van der Waals surface area contributed by atoms with Gasteiger partial charge in [0.2, 0.25) is 10.0 Å². The first-order valence-electron chi connectivity index (χ1n) is 6.57. The first-order chi connectivity index (χ1) is 10.7. The molecule has 23 heavy (non-hydrogen) atoms. The van der Waals surface area contributed by atoms with Crippen LogP contribution in [0.5, 0.6) is 5.75 Å². The van der Waals surface area contributed by atoms with Gasteiger partial charge in [-0.15, -0.1) is 13.2 Å². The van der Waals surface area contributed by atoms with Crippen LogP contribution >= 0.6 is 0 Å². The van der Waals surface area contributed by atoms with E-state index in [9.17, 15) is 21.6 Å². The van der Waals surface area contributed by atoms with Crippen LogP contribution in [-0.4, -0.2) is 14.8 Å². The third kappa shape index (κ3) is 4.97. The fourth-order valence-corrected chi connectivity index (χ4v) is 2.85. The second-order valence-electron chi connectivity index (χ2n) is 4.79. The molecule has 0 radical (unpaired) electrons. The molecule has 0 aliphatic carbocycles. The maximum atomic E-state index is 12.3. The van der Waals surface area contributed by atoms with Gasteiger partial charge in [-0.1, -0.05) is 35.9 Å². The number of nitrogens with one attached hydrogen (secondary N) is 1. The number of hydrogen-bond donors (Lipinski definition) is 1. The van der Waals surface area contributed by atoms with E-state index in [1.54, 1.807) is 12.1 Å². The van der Waals surface area contributed by atoms with Gasteiger partial charge in [0.15, 0.2) is 0 Å². The minimum Gasteiger partial charge on any atom is -0.405 e. The second-order valence-corrected chi connectivity index (χ2v) is 6.56. The molecule has 0 spiro atoms. The highest BCUT2D eigenvalue weighted by Crippen LogP contribution is 2.26. The number of rotatable bonds is 5. The van der Waals surface area contributed by atoms with Crippen LogP contribution < -0.4 is 9.46 Å². The summed E-state index contributed by atoms with van der Waals surface area (Å²) in [6.45, 7) is 1.50. The Hall–Kier alpha value is -2.06. The van der Waals surface area contributed by atoms with E-state index < -0.39 is 22.1 Å². The zero-order chi connectivity index (χ0) is 17.1. The second kappa shape index (κ2) is 6.59. The molecule has 0 saturated carbocycles. The number of para-hydroxylation sites is 1. The summed E-state index contributed by atoms with van der Waals surface area (Å²) in [7, 11) is -3.82. The molecule has 1 N–H and O–H groups in total. The molecule has 2 rings (SSSR count). The average Bonchev–Trinajstić information content (AvgIpc) is 2.45. The normalized spacial score (nSPS) is 12.2. The molecule has 2 aromatic rings. The van der Waals surface area contributed by atoms with Crippen LogP contribution in [0.4, 0.5) is 13.2 Å². The van der Waals surface area contributed by atoms with Gasteiger partial charge in [0.05, 0.1) is 4.90 Å². The molecular weight excluding hydrogens is 331 g/mol. The number of ether oxygens (including phenoxy) is 1. The van der Waals surface area contributed by atoms with Crippen LogP contribution in [0, 0.1) is 6.92 Å². The molecule has 0 aliphatic heterocycles. The molecule has 124 valence electrons. The molecular formula is C15H14F3NO3S. The Bertz CT molecular complexity index is 771. The Labute approximate surface area is 132 Å². The van der Waals surface area contributed by atoms with Gasteiger partial charge in [-0.2, -0.15) is 0 Å². The van der Waals surface area contributed by atoms with Crippen molar-refractivity contribution in [2.75, 3.05) is 0 Å². The van der Waals surface area contributed by atoms with Crippen molar-refractivity contribution in [3.05, 3.63) is 59.7 Å². The van der Waals surface area contributed by atoms with Crippen LogP contribution in [0.1, 0.15) is 11.1 Å². The minimum atomic E-state index is -4.84. The van der Waals surface area contributed by atoms with Gasteiger partial charge in [0, 0.05) is 12.1 Å². The van der Waals surface area contributed by atoms with Crippen molar-refractivity contribution >= 4 is 10.0 Å². The first-order valence-corrected chi connectivity index (χ1v) is 8.06. The largest absolute Gasteiger partial charge is 0.573 e. The van der Waals surface area contributed by atoms with Gasteiger partial charge < -0.3 is 4.74 Å². The SMILES string of the molecule is Cc1ccc(S(=O)(=O)NCc2ccccc2OC(F)(F)F)cc1. The summed E-state index contributed by atoms with van der Waals surface area (Å²) in [5.74, 6) is -0.438. The zero-order valence-electron chi connectivity index (χ0n) is 12.1. The quantitative estimate of drug-likeness (QED) is 0.904. The lowest BCUT2D eigenvalue weighted by Gasteiger charge is -2.13. The van der Waals surface area contributed by atoms with Crippen LogP contribution in [0.2, 0.25) is 0 Å². The van der Waals surface area contributed by atoms with Gasteiger partial charge in [0.25, 0.3) is 0 Å². The lowest BCUT2D eigenvalue weighted by molar-refractivity contribution is -0.274. The van der Waals surface area contributed by atoms with Crippen LogP contribution in [0.3, 0.4) is 0 Å². The lowest BCUT2D eigenvalue weighted by Crippen LogP contribution is -2.24. The van der Waals surface area contributed by atoms with E-state index in [0.29, 0.717) is 0 Å². The fraction of sp³-hybridized carbons (Fsp3) is 0.200. The van der Waals surface area contributed by atoms with E-state index in [4.69, 9.17) is 0 Å². The molecule has 0 heterocycles. The Morgan fingerprint density at radius 3 is 2.26 bits per heavy atom. The number of benzene rings is 2. The number of aryl methyl sites for hydroxylation is 1. The summed E-state index contributed by atoms with van der Waals surface area (Å²) in [4.78, 5) is 0.0392. The molecule has 0 saturated heterocycles. The van der Waals surface area contributed by atoms with Gasteiger partial charge >= 0.3 is 6.36 Å². The standard InChI is InChI=1S/C15H14F3NO3S/c1-11-6-8-13(9-7-11)23(20,21)19-10-12-4-2-3-5-14(12)22-15(16,17)18/h2-9,19H,10H2,1H3. The highest BCUT2D eigenvalue weighted by Gasteiger charge is 2.32. The molecule has 0 aliphatic rings. The summed E-state index contributed by atoms with van der Waals surface area (Å²) < 4.78 is 67.4. The molecule has 0 amide bonds. The fourth-order valence-electron chi connectivity index (χ4n) is 1.85. The van der Waals surface area contributed by atoms with Crippen molar-refractivity contribution in [3.8, 4) is 5.75 Å². The Balaban J connectivity index is 2.16. The summed E-state index contributed by atoms with van der Waals surface area (Å²) in [5, 5.41) is 0. The summed E-state index contributed by atoms with van der Waals surface area (Å²) in [6, 6.07) is 11.5. The third-order valence-corrected chi connectivity index (χ3v) is 4.40. The maximum Gasteiger partial charge on any atom is 0.573 e. The van der Waals surface area contributed by atoms with E-state index in [1.807, 2.05) is 6.92 Å². The van der Waals surface area contributed by atoms with Gasteiger partial charge in [-0.3, -0.25) is 0 Å². The number of alkyl halides is 3. The van der Waals surface area contributed by atoms with Gasteiger partial charge in [-0.25, -0.2) is 13.1 Å². The maximum absolute atomic E-state index is 12.3. The van der Waals surface area contributed by atoms with E-state index in [2.05, 4.69) is 9.46 Å². The predicted octanol–water partition coefficient (Wildman–Crippen LogP) is 3.37. The zero-order valence-corrected chi connectivity index (χ0v) is 12.9. The van der Waals surface area contributed by atoms with Crippen molar-refractivity contribution in [1.29, 1.82) is 0 Å². The Morgan fingerprint density at radius 1 is 1.04 bits per heavy atom. The van der Waals surface area contributed by atoms with Crippen LogP contribution in [-0.2, 0) is 16.6 Å². The summed E-state index contributed by atoms with van der Waals surface area (Å²) in [5.41, 5.74) is 0.980. The summed E-state index contributed by atoms with van der Waals surface area (Å²) in [6.07, 6.45) is -4.84. The third-order valence-electron chi connectivity index (χ3n) is 2.98. The number of sulfonamides is 1. The van der Waals surface area contributed by atoms with E-state index >= 15 is 0 Å². The molecule has 8 heteroatoms. The molecule has 0 bridgehead atoms. The molecule has 4 nitrogen and oxygen atoms in total. The molecule has 0 aromatic heterocycles. The van der Waals surface area contributed by atoms with Crippen LogP contribution in [0.15, 0.2) is 53.4 Å². The van der Waals surface area contributed by atoms with Gasteiger partial charge in [0.1, 0.15) is 5.75 Å².